The molecule has 2 fully saturated rings. The summed E-state index contributed by atoms with van der Waals surface area (Å²) >= 11 is 11.9. The summed E-state index contributed by atoms with van der Waals surface area (Å²) in [6, 6.07) is 6.34. The number of halogens is 2. The van der Waals surface area contributed by atoms with E-state index >= 15 is 0 Å². The molecule has 2 aliphatic rings. The summed E-state index contributed by atoms with van der Waals surface area (Å²) in [5.74, 6) is 0. The number of nitrogens with one attached hydrogen (secondary N) is 2. The number of hydrogen-bond donors (Lipinski definition) is 2. The summed E-state index contributed by atoms with van der Waals surface area (Å²) in [5, 5.41) is 7.48. The highest BCUT2D eigenvalue weighted by Crippen LogP contribution is 2.30. The van der Waals surface area contributed by atoms with E-state index in [1.165, 1.54) is 12.8 Å². The maximum atomic E-state index is 12.4. The Morgan fingerprint density at radius 1 is 1.19 bits per heavy atom. The third kappa shape index (κ3) is 3.44. The molecule has 2 aliphatic heterocycles. The minimum atomic E-state index is -0.111. The van der Waals surface area contributed by atoms with Crippen LogP contribution in [-0.2, 0) is 0 Å². The van der Waals surface area contributed by atoms with Gasteiger partial charge in [0.2, 0.25) is 0 Å². The van der Waals surface area contributed by atoms with E-state index in [0.29, 0.717) is 33.9 Å². The molecule has 2 bridgehead atoms. The van der Waals surface area contributed by atoms with Gasteiger partial charge in [-0.05, 0) is 43.9 Å². The van der Waals surface area contributed by atoms with Gasteiger partial charge in [-0.1, -0.05) is 23.2 Å². The molecule has 2 N–H and O–H groups in total. The van der Waals surface area contributed by atoms with Crippen molar-refractivity contribution >= 4 is 34.9 Å². The summed E-state index contributed by atoms with van der Waals surface area (Å²) in [4.78, 5) is 14.2. The van der Waals surface area contributed by atoms with E-state index in [2.05, 4.69) is 10.6 Å². The highest BCUT2D eigenvalue weighted by molar-refractivity contribution is 6.35. The fourth-order valence-electron chi connectivity index (χ4n) is 3.35. The van der Waals surface area contributed by atoms with E-state index in [9.17, 15) is 4.79 Å². The molecule has 0 aromatic heterocycles. The third-order valence-electron chi connectivity index (χ3n) is 4.43. The first-order chi connectivity index (χ1) is 10.0. The number of piperidine rings is 1. The van der Waals surface area contributed by atoms with Gasteiger partial charge in [-0.3, -0.25) is 0 Å². The predicted octanol–water partition coefficient (Wildman–Crippen LogP) is 3.74. The average molecular weight is 328 g/mol. The Balaban J connectivity index is 1.64. The summed E-state index contributed by atoms with van der Waals surface area (Å²) in [6.07, 6.45) is 4.49. The molecular weight excluding hydrogens is 309 g/mol. The highest BCUT2D eigenvalue weighted by atomic mass is 35.5. The van der Waals surface area contributed by atoms with Crippen molar-refractivity contribution < 1.29 is 4.79 Å². The Kier molecular flexibility index (Phi) is 4.29. The molecule has 2 atom stereocenters. The van der Waals surface area contributed by atoms with Crippen molar-refractivity contribution in [3.8, 4) is 0 Å². The molecule has 6 heteroatoms. The zero-order chi connectivity index (χ0) is 15.0. The van der Waals surface area contributed by atoms with Crippen LogP contribution in [0.5, 0.6) is 0 Å². The second-order valence-corrected chi connectivity index (χ2v) is 6.84. The maximum absolute atomic E-state index is 12.4. The minimum absolute atomic E-state index is 0.111. The van der Waals surface area contributed by atoms with E-state index in [1.807, 2.05) is 7.05 Å². The van der Waals surface area contributed by atoms with Crippen LogP contribution in [-0.4, -0.2) is 36.1 Å². The van der Waals surface area contributed by atoms with Crippen LogP contribution in [0.1, 0.15) is 25.7 Å². The Bertz CT molecular complexity index is 519. The normalized spacial score (nSPS) is 27.5. The summed E-state index contributed by atoms with van der Waals surface area (Å²) in [6.45, 7) is 0. The lowest BCUT2D eigenvalue weighted by Crippen LogP contribution is -2.49. The number of carbonyl (C=O) groups excluding carboxylic acids is 1. The molecule has 4 nitrogen and oxygen atoms in total. The smallest absolute Gasteiger partial charge is 0.321 e. The molecular formula is C15H19Cl2N3O. The third-order valence-corrected chi connectivity index (χ3v) is 4.87. The van der Waals surface area contributed by atoms with Crippen molar-refractivity contribution in [2.24, 2.45) is 0 Å². The second-order valence-electron chi connectivity index (χ2n) is 5.96. The Hall–Kier alpha value is -0.970. The number of urea groups is 1. The van der Waals surface area contributed by atoms with Crippen LogP contribution in [0.2, 0.25) is 10.0 Å². The lowest BCUT2D eigenvalue weighted by atomic mass is 9.99. The van der Waals surface area contributed by atoms with Crippen LogP contribution in [0.25, 0.3) is 0 Å². The fraction of sp³-hybridized carbons (Fsp3) is 0.533. The number of benzene rings is 1. The van der Waals surface area contributed by atoms with E-state index in [4.69, 9.17) is 23.2 Å². The molecule has 2 saturated heterocycles. The largest absolute Gasteiger partial charge is 0.324 e. The SMILES string of the molecule is CN(C(=O)Nc1cc(Cl)cc(Cl)c1)C1CC2CCC(C1)N2. The molecule has 0 aliphatic carbocycles. The first-order valence-electron chi connectivity index (χ1n) is 7.27. The van der Waals surface area contributed by atoms with Gasteiger partial charge in [0.15, 0.2) is 0 Å². The minimum Gasteiger partial charge on any atom is -0.324 e. The highest BCUT2D eigenvalue weighted by Gasteiger charge is 2.36. The molecule has 1 aromatic carbocycles. The van der Waals surface area contributed by atoms with E-state index in [-0.39, 0.29) is 6.03 Å². The predicted molar refractivity (Wildman–Crippen MR) is 86.2 cm³/mol. The summed E-state index contributed by atoms with van der Waals surface area (Å²) in [5.41, 5.74) is 0.626. The Labute approximate surface area is 134 Å². The summed E-state index contributed by atoms with van der Waals surface area (Å²) < 4.78 is 0. The van der Waals surface area contributed by atoms with Gasteiger partial charge in [0, 0.05) is 40.9 Å². The standard InChI is InChI=1S/C15H19Cl2N3O/c1-20(14-7-11-2-3-12(8-14)18-11)15(21)19-13-5-9(16)4-10(17)6-13/h4-6,11-12,14,18H,2-3,7-8H2,1H3,(H,19,21). The fourth-order valence-corrected chi connectivity index (χ4v) is 3.87. The van der Waals surface area contributed by atoms with Gasteiger partial charge in [0.1, 0.15) is 0 Å². The maximum Gasteiger partial charge on any atom is 0.321 e. The number of rotatable bonds is 2. The van der Waals surface area contributed by atoms with Crippen molar-refractivity contribution in [3.05, 3.63) is 28.2 Å². The molecule has 21 heavy (non-hydrogen) atoms. The number of nitrogens with zero attached hydrogens (tertiary/aromatic N) is 1. The first kappa shape index (κ1) is 14.9. The number of anilines is 1. The monoisotopic (exact) mass is 327 g/mol. The van der Waals surface area contributed by atoms with E-state index in [1.54, 1.807) is 23.1 Å². The van der Waals surface area contributed by atoms with Gasteiger partial charge in [0.25, 0.3) is 0 Å². The number of fused-ring (bicyclic) bond motifs is 2. The molecule has 0 radical (unpaired) electrons. The molecule has 0 saturated carbocycles. The number of carbonyl (C=O) groups is 1. The molecule has 3 rings (SSSR count). The molecule has 2 amide bonds. The quantitative estimate of drug-likeness (QED) is 0.869. The lowest BCUT2D eigenvalue weighted by Gasteiger charge is -2.35. The topological polar surface area (TPSA) is 44.4 Å². The average Bonchev–Trinajstić information content (AvgIpc) is 2.75. The first-order valence-corrected chi connectivity index (χ1v) is 8.03. The van der Waals surface area contributed by atoms with Crippen molar-refractivity contribution in [2.75, 3.05) is 12.4 Å². The van der Waals surface area contributed by atoms with Crippen molar-refractivity contribution in [2.45, 2.75) is 43.8 Å². The van der Waals surface area contributed by atoms with Crippen molar-refractivity contribution in [1.29, 1.82) is 0 Å². The molecule has 114 valence electrons. The van der Waals surface area contributed by atoms with Crippen LogP contribution in [0.3, 0.4) is 0 Å². The van der Waals surface area contributed by atoms with Crippen LogP contribution < -0.4 is 10.6 Å². The van der Waals surface area contributed by atoms with Crippen molar-refractivity contribution in [1.82, 2.24) is 10.2 Å². The van der Waals surface area contributed by atoms with Gasteiger partial charge in [-0.25, -0.2) is 4.79 Å². The molecule has 2 heterocycles. The van der Waals surface area contributed by atoms with Gasteiger partial charge < -0.3 is 15.5 Å². The molecule has 0 spiro atoms. The molecule has 2 unspecified atom stereocenters. The van der Waals surface area contributed by atoms with Crippen LogP contribution >= 0.6 is 23.2 Å². The van der Waals surface area contributed by atoms with Crippen LogP contribution in [0.4, 0.5) is 10.5 Å². The lowest BCUT2D eigenvalue weighted by molar-refractivity contribution is 0.176. The Morgan fingerprint density at radius 3 is 2.33 bits per heavy atom. The zero-order valence-corrected chi connectivity index (χ0v) is 13.4. The molecule has 1 aromatic rings. The Morgan fingerprint density at radius 2 is 1.76 bits per heavy atom. The van der Waals surface area contributed by atoms with Crippen molar-refractivity contribution in [3.63, 3.8) is 0 Å². The van der Waals surface area contributed by atoms with E-state index in [0.717, 1.165) is 12.8 Å². The zero-order valence-electron chi connectivity index (χ0n) is 11.9. The second kappa shape index (κ2) is 6.03. The number of amides is 2. The van der Waals surface area contributed by atoms with Crippen LogP contribution in [0.15, 0.2) is 18.2 Å². The summed E-state index contributed by atoms with van der Waals surface area (Å²) in [7, 11) is 1.86. The van der Waals surface area contributed by atoms with E-state index < -0.39 is 0 Å². The van der Waals surface area contributed by atoms with Gasteiger partial charge in [-0.15, -0.1) is 0 Å². The van der Waals surface area contributed by atoms with Gasteiger partial charge in [0.05, 0.1) is 0 Å². The van der Waals surface area contributed by atoms with Gasteiger partial charge >= 0.3 is 6.03 Å². The van der Waals surface area contributed by atoms with Crippen LogP contribution in [0, 0.1) is 0 Å². The van der Waals surface area contributed by atoms with Gasteiger partial charge in [-0.2, -0.15) is 0 Å². The number of hydrogen-bond acceptors (Lipinski definition) is 2.